The highest BCUT2D eigenvalue weighted by atomic mass is 16.5. The maximum atomic E-state index is 9.10. The average Bonchev–Trinajstić information content (AvgIpc) is 3.19. The Hall–Kier alpha value is -3.03. The van der Waals surface area contributed by atoms with Crippen molar-refractivity contribution in [2.75, 3.05) is 24.5 Å². The summed E-state index contributed by atoms with van der Waals surface area (Å²) in [6.45, 7) is 2.78. The number of ether oxygens (including phenoxy) is 1. The first kappa shape index (κ1) is 14.9. The Morgan fingerprint density at radius 1 is 1.26 bits per heavy atom. The molecule has 0 atom stereocenters. The van der Waals surface area contributed by atoms with Crippen LogP contribution in [-0.4, -0.2) is 47.6 Å². The number of carboxylic acid groups (broad SMARTS) is 2. The van der Waals surface area contributed by atoms with E-state index >= 15 is 0 Å². The SMILES string of the molecule is C1=C(C2=NCCN2)Oc2cccc3c2N1CC3.O=C(O)C(=O)O. The fourth-order valence-electron chi connectivity index (χ4n) is 2.62. The normalized spacial score (nSPS) is 17.0. The summed E-state index contributed by atoms with van der Waals surface area (Å²) in [5.41, 5.74) is 2.61. The lowest BCUT2D eigenvalue weighted by atomic mass is 10.1. The number of amidine groups is 1. The summed E-state index contributed by atoms with van der Waals surface area (Å²) in [6, 6.07) is 6.26. The number of hydrogen-bond donors (Lipinski definition) is 3. The molecule has 0 aliphatic carbocycles. The molecule has 3 heterocycles. The van der Waals surface area contributed by atoms with E-state index in [1.165, 1.54) is 11.3 Å². The molecule has 4 rings (SSSR count). The van der Waals surface area contributed by atoms with Gasteiger partial charge in [0.25, 0.3) is 0 Å². The van der Waals surface area contributed by atoms with E-state index < -0.39 is 11.9 Å². The number of carboxylic acids is 2. The molecule has 0 aromatic heterocycles. The molecule has 8 heteroatoms. The lowest BCUT2D eigenvalue weighted by Crippen LogP contribution is -2.28. The Morgan fingerprint density at radius 2 is 2.04 bits per heavy atom. The molecule has 1 aromatic rings. The van der Waals surface area contributed by atoms with Crippen LogP contribution in [-0.2, 0) is 16.0 Å². The summed E-state index contributed by atoms with van der Waals surface area (Å²) in [5.74, 6) is -0.971. The first-order valence-corrected chi connectivity index (χ1v) is 7.09. The third-order valence-corrected chi connectivity index (χ3v) is 3.58. The van der Waals surface area contributed by atoms with Crippen LogP contribution in [0.1, 0.15) is 5.56 Å². The van der Waals surface area contributed by atoms with Gasteiger partial charge >= 0.3 is 11.9 Å². The van der Waals surface area contributed by atoms with E-state index in [2.05, 4.69) is 33.5 Å². The number of benzene rings is 1. The highest BCUT2D eigenvalue weighted by Crippen LogP contribution is 2.41. The van der Waals surface area contributed by atoms with Gasteiger partial charge < -0.3 is 25.2 Å². The van der Waals surface area contributed by atoms with Crippen LogP contribution >= 0.6 is 0 Å². The Morgan fingerprint density at radius 3 is 2.70 bits per heavy atom. The Labute approximate surface area is 131 Å². The van der Waals surface area contributed by atoms with Crippen molar-refractivity contribution >= 4 is 23.5 Å². The zero-order valence-corrected chi connectivity index (χ0v) is 12.2. The van der Waals surface area contributed by atoms with E-state index in [1.54, 1.807) is 0 Å². The lowest BCUT2D eigenvalue weighted by molar-refractivity contribution is -0.159. The van der Waals surface area contributed by atoms with Crippen molar-refractivity contribution in [2.45, 2.75) is 6.42 Å². The Balaban J connectivity index is 0.000000227. The molecule has 23 heavy (non-hydrogen) atoms. The van der Waals surface area contributed by atoms with Gasteiger partial charge in [-0.15, -0.1) is 0 Å². The van der Waals surface area contributed by atoms with E-state index in [0.717, 1.165) is 43.4 Å². The number of carbonyl (C=O) groups is 2. The van der Waals surface area contributed by atoms with Gasteiger partial charge in [-0.25, -0.2) is 9.59 Å². The molecule has 1 aromatic carbocycles. The first-order valence-electron chi connectivity index (χ1n) is 7.09. The van der Waals surface area contributed by atoms with E-state index in [0.29, 0.717) is 0 Å². The third-order valence-electron chi connectivity index (χ3n) is 3.58. The fourth-order valence-corrected chi connectivity index (χ4v) is 2.62. The van der Waals surface area contributed by atoms with Crippen molar-refractivity contribution < 1.29 is 24.5 Å². The predicted octanol–water partition coefficient (Wildman–Crippen LogP) is 0.440. The number of rotatable bonds is 1. The van der Waals surface area contributed by atoms with Crippen LogP contribution in [0.5, 0.6) is 5.75 Å². The van der Waals surface area contributed by atoms with Crippen molar-refractivity contribution in [1.29, 1.82) is 0 Å². The van der Waals surface area contributed by atoms with Gasteiger partial charge in [0.05, 0.1) is 18.4 Å². The highest BCUT2D eigenvalue weighted by molar-refractivity contribution is 6.27. The summed E-state index contributed by atoms with van der Waals surface area (Å²) in [4.78, 5) is 24.9. The maximum Gasteiger partial charge on any atom is 0.414 e. The van der Waals surface area contributed by atoms with Crippen molar-refractivity contribution in [3.8, 4) is 5.75 Å². The van der Waals surface area contributed by atoms with Gasteiger partial charge in [-0.3, -0.25) is 4.99 Å². The number of hydrogen-bond acceptors (Lipinski definition) is 6. The second kappa shape index (κ2) is 5.99. The van der Waals surface area contributed by atoms with E-state index in [4.69, 9.17) is 24.5 Å². The minimum absolute atomic E-state index is 0.836. The molecule has 0 radical (unpaired) electrons. The summed E-state index contributed by atoms with van der Waals surface area (Å²) in [6.07, 6.45) is 3.16. The number of para-hydroxylation sites is 1. The lowest BCUT2D eigenvalue weighted by Gasteiger charge is -2.25. The van der Waals surface area contributed by atoms with Crippen molar-refractivity contribution in [1.82, 2.24) is 5.32 Å². The molecule has 0 unspecified atom stereocenters. The third kappa shape index (κ3) is 2.96. The minimum atomic E-state index is -1.82. The Bertz CT molecular complexity index is 714. The molecule has 3 N–H and O–H groups in total. The number of nitrogens with one attached hydrogen (secondary N) is 1. The zero-order valence-electron chi connectivity index (χ0n) is 12.2. The molecule has 0 amide bonds. The molecular formula is C15H15N3O5. The summed E-state index contributed by atoms with van der Waals surface area (Å²) in [7, 11) is 0. The molecule has 0 spiro atoms. The molecule has 0 bridgehead atoms. The van der Waals surface area contributed by atoms with Crippen LogP contribution < -0.4 is 15.0 Å². The summed E-state index contributed by atoms with van der Waals surface area (Å²) < 4.78 is 5.93. The number of anilines is 1. The molecule has 0 saturated carbocycles. The number of aliphatic carboxylic acids is 2. The fraction of sp³-hybridized carbons (Fsp3) is 0.267. The monoisotopic (exact) mass is 317 g/mol. The number of aliphatic imine (C=N–C) groups is 1. The minimum Gasteiger partial charge on any atom is -0.473 e. The maximum absolute atomic E-state index is 9.10. The van der Waals surface area contributed by atoms with E-state index in [1.807, 2.05) is 6.07 Å². The van der Waals surface area contributed by atoms with Gasteiger partial charge in [0.1, 0.15) is 0 Å². The average molecular weight is 317 g/mol. The summed E-state index contributed by atoms with van der Waals surface area (Å²) >= 11 is 0. The molecule has 8 nitrogen and oxygen atoms in total. The standard InChI is InChI=1S/C13H13N3O.C2H2O4/c1-2-9-4-7-16-8-11(13-14-5-6-15-13)17-10(3-1)12(9)16;3-1(4)2(5)6/h1-3,8H,4-7H2,(H,14,15);(H,3,4)(H,5,6). The smallest absolute Gasteiger partial charge is 0.414 e. The molecule has 0 fully saturated rings. The van der Waals surface area contributed by atoms with Gasteiger partial charge in [-0.1, -0.05) is 12.1 Å². The van der Waals surface area contributed by atoms with Gasteiger partial charge in [0.15, 0.2) is 17.3 Å². The zero-order chi connectivity index (χ0) is 16.4. The first-order chi connectivity index (χ1) is 11.1. The molecule has 3 aliphatic heterocycles. The Kier molecular flexibility index (Phi) is 3.88. The van der Waals surface area contributed by atoms with Crippen molar-refractivity contribution in [3.63, 3.8) is 0 Å². The largest absolute Gasteiger partial charge is 0.473 e. The predicted molar refractivity (Wildman–Crippen MR) is 81.8 cm³/mol. The molecule has 0 saturated heterocycles. The highest BCUT2D eigenvalue weighted by Gasteiger charge is 2.28. The van der Waals surface area contributed by atoms with E-state index in [9.17, 15) is 0 Å². The van der Waals surface area contributed by atoms with Crippen molar-refractivity contribution in [3.05, 3.63) is 35.7 Å². The molecule has 3 aliphatic rings. The second-order valence-electron chi connectivity index (χ2n) is 5.07. The quantitative estimate of drug-likeness (QED) is 0.644. The van der Waals surface area contributed by atoms with E-state index in [-0.39, 0.29) is 0 Å². The second-order valence-corrected chi connectivity index (χ2v) is 5.07. The molecule has 120 valence electrons. The van der Waals surface area contributed by atoms with Crippen LogP contribution in [0.25, 0.3) is 0 Å². The van der Waals surface area contributed by atoms with Crippen LogP contribution in [0.2, 0.25) is 0 Å². The van der Waals surface area contributed by atoms with Gasteiger partial charge in [-0.2, -0.15) is 0 Å². The van der Waals surface area contributed by atoms with Gasteiger partial charge in [0.2, 0.25) is 0 Å². The van der Waals surface area contributed by atoms with Crippen LogP contribution in [0.15, 0.2) is 35.2 Å². The summed E-state index contributed by atoms with van der Waals surface area (Å²) in [5, 5.41) is 18.0. The van der Waals surface area contributed by atoms with Crippen LogP contribution in [0.4, 0.5) is 5.69 Å². The van der Waals surface area contributed by atoms with Gasteiger partial charge in [-0.05, 0) is 18.1 Å². The topological polar surface area (TPSA) is 111 Å². The van der Waals surface area contributed by atoms with Gasteiger partial charge in [0, 0.05) is 13.1 Å². The van der Waals surface area contributed by atoms with Crippen LogP contribution in [0, 0.1) is 0 Å². The van der Waals surface area contributed by atoms with Crippen molar-refractivity contribution in [2.24, 2.45) is 4.99 Å². The number of nitrogens with zero attached hydrogens (tertiary/aromatic N) is 2. The molecular weight excluding hydrogens is 302 g/mol. The van der Waals surface area contributed by atoms with Crippen LogP contribution in [0.3, 0.4) is 0 Å².